The molecule has 0 saturated heterocycles. The summed E-state index contributed by atoms with van der Waals surface area (Å²) in [6.07, 6.45) is 3.89. The molecule has 2 N–H and O–H groups in total. The topological polar surface area (TPSA) is 57.3 Å². The van der Waals surface area contributed by atoms with Gasteiger partial charge >= 0.3 is 0 Å². The molecule has 1 amide bonds. The molecule has 2 aromatic carbocycles. The van der Waals surface area contributed by atoms with E-state index in [1.807, 2.05) is 12.1 Å². The van der Waals surface area contributed by atoms with Crippen molar-refractivity contribution < 1.29 is 4.79 Å². The minimum Gasteiger partial charge on any atom is -0.377 e. The van der Waals surface area contributed by atoms with E-state index in [-0.39, 0.29) is 11.9 Å². The van der Waals surface area contributed by atoms with Crippen LogP contribution in [-0.4, -0.2) is 37.1 Å². The molecule has 156 valence electrons. The summed E-state index contributed by atoms with van der Waals surface area (Å²) >= 11 is 5.90. The van der Waals surface area contributed by atoms with Gasteiger partial charge in [0, 0.05) is 53.9 Å². The van der Waals surface area contributed by atoms with E-state index in [1.165, 1.54) is 0 Å². The second kappa shape index (κ2) is 8.92. The van der Waals surface area contributed by atoms with Gasteiger partial charge in [-0.2, -0.15) is 0 Å². The number of fused-ring (bicyclic) bond motifs is 1. The maximum absolute atomic E-state index is 12.4. The Labute approximate surface area is 182 Å². The van der Waals surface area contributed by atoms with Gasteiger partial charge in [-0.25, -0.2) is 4.98 Å². The summed E-state index contributed by atoms with van der Waals surface area (Å²) < 4.78 is 0. The third-order valence-corrected chi connectivity index (χ3v) is 5.95. The molecule has 0 spiro atoms. The van der Waals surface area contributed by atoms with Crippen molar-refractivity contribution in [3.8, 4) is 0 Å². The summed E-state index contributed by atoms with van der Waals surface area (Å²) in [6.45, 7) is 0. The van der Waals surface area contributed by atoms with Gasteiger partial charge in [-0.15, -0.1) is 0 Å². The molecular weight excluding hydrogens is 396 g/mol. The van der Waals surface area contributed by atoms with Crippen molar-refractivity contribution in [3.05, 3.63) is 65.2 Å². The van der Waals surface area contributed by atoms with Crippen LogP contribution in [-0.2, 0) is 0 Å². The van der Waals surface area contributed by atoms with E-state index in [0.717, 1.165) is 48.1 Å². The van der Waals surface area contributed by atoms with E-state index >= 15 is 0 Å². The van der Waals surface area contributed by atoms with Gasteiger partial charge in [-0.1, -0.05) is 29.8 Å². The van der Waals surface area contributed by atoms with Crippen molar-refractivity contribution in [2.45, 2.75) is 37.8 Å². The van der Waals surface area contributed by atoms with Crippen LogP contribution in [0.25, 0.3) is 10.9 Å². The van der Waals surface area contributed by atoms with Crippen molar-refractivity contribution in [3.63, 3.8) is 0 Å². The molecule has 1 heterocycles. The highest BCUT2D eigenvalue weighted by Crippen LogP contribution is 2.29. The summed E-state index contributed by atoms with van der Waals surface area (Å²) in [4.78, 5) is 19.4. The number of hydrogen-bond acceptors (Lipinski definition) is 4. The molecule has 4 rings (SSSR count). The van der Waals surface area contributed by atoms with Gasteiger partial charge in [0.15, 0.2) is 0 Å². The number of amides is 1. The van der Waals surface area contributed by atoms with Gasteiger partial charge in [0.1, 0.15) is 5.82 Å². The smallest absolute Gasteiger partial charge is 0.251 e. The van der Waals surface area contributed by atoms with Crippen LogP contribution in [0, 0.1) is 0 Å². The van der Waals surface area contributed by atoms with Crippen LogP contribution in [0.2, 0.25) is 5.02 Å². The van der Waals surface area contributed by atoms with Crippen molar-refractivity contribution >= 4 is 39.9 Å². The number of benzene rings is 2. The van der Waals surface area contributed by atoms with E-state index in [9.17, 15) is 4.79 Å². The predicted octanol–water partition coefficient (Wildman–Crippen LogP) is 5.11. The zero-order valence-electron chi connectivity index (χ0n) is 17.4. The number of carbonyl (C=O) groups is 1. The largest absolute Gasteiger partial charge is 0.377 e. The van der Waals surface area contributed by atoms with Crippen molar-refractivity contribution in [2.75, 3.05) is 24.3 Å². The van der Waals surface area contributed by atoms with Crippen LogP contribution >= 0.6 is 11.6 Å². The Morgan fingerprint density at radius 1 is 1.00 bits per heavy atom. The van der Waals surface area contributed by atoms with Crippen molar-refractivity contribution in [1.82, 2.24) is 10.3 Å². The Morgan fingerprint density at radius 2 is 1.67 bits per heavy atom. The van der Waals surface area contributed by atoms with Gasteiger partial charge in [0.05, 0.1) is 5.52 Å². The van der Waals surface area contributed by atoms with Crippen LogP contribution in [0.4, 0.5) is 11.5 Å². The molecule has 0 aliphatic heterocycles. The molecule has 0 unspecified atom stereocenters. The Balaban J connectivity index is 1.37. The lowest BCUT2D eigenvalue weighted by atomic mass is 9.91. The number of para-hydroxylation sites is 1. The molecule has 30 heavy (non-hydrogen) atoms. The number of nitrogens with zero attached hydrogens (tertiary/aromatic N) is 2. The highest BCUT2D eigenvalue weighted by atomic mass is 35.5. The number of hydrogen-bond donors (Lipinski definition) is 2. The molecule has 1 aliphatic rings. The lowest BCUT2D eigenvalue weighted by molar-refractivity contribution is 0.0926. The fraction of sp³-hybridized carbons (Fsp3) is 0.333. The summed E-state index contributed by atoms with van der Waals surface area (Å²) in [7, 11) is 4.11. The molecule has 3 aromatic rings. The predicted molar refractivity (Wildman–Crippen MR) is 125 cm³/mol. The number of carbonyl (C=O) groups excluding carboxylic acids is 1. The summed E-state index contributed by atoms with van der Waals surface area (Å²) in [6, 6.07) is 17.9. The third kappa shape index (κ3) is 4.68. The first-order valence-corrected chi connectivity index (χ1v) is 10.8. The maximum Gasteiger partial charge on any atom is 0.251 e. The average molecular weight is 423 g/mol. The maximum atomic E-state index is 12.4. The minimum atomic E-state index is -0.0325. The monoisotopic (exact) mass is 422 g/mol. The number of rotatable bonds is 5. The molecule has 1 saturated carbocycles. The van der Waals surface area contributed by atoms with E-state index in [4.69, 9.17) is 16.6 Å². The number of pyridine rings is 1. The molecular formula is C24H27ClN4O. The van der Waals surface area contributed by atoms with Crippen LogP contribution in [0.5, 0.6) is 0 Å². The van der Waals surface area contributed by atoms with Gasteiger partial charge in [-0.3, -0.25) is 4.79 Å². The Hall–Kier alpha value is -2.79. The van der Waals surface area contributed by atoms with Gasteiger partial charge < -0.3 is 15.5 Å². The number of nitrogens with one attached hydrogen (secondary N) is 2. The SMILES string of the molecule is CN(C)c1cc(N[C@H]2CC[C@@H](NC(=O)c3ccc(Cl)cc3)CC2)nc2ccccc12. The van der Waals surface area contributed by atoms with E-state index in [2.05, 4.69) is 47.8 Å². The first-order valence-electron chi connectivity index (χ1n) is 10.4. The molecule has 0 bridgehead atoms. The van der Waals surface area contributed by atoms with E-state index in [0.29, 0.717) is 16.6 Å². The Bertz CT molecular complexity index is 1030. The average Bonchev–Trinajstić information content (AvgIpc) is 2.75. The lowest BCUT2D eigenvalue weighted by Gasteiger charge is -2.30. The molecule has 0 radical (unpaired) electrons. The highest BCUT2D eigenvalue weighted by molar-refractivity contribution is 6.30. The van der Waals surface area contributed by atoms with E-state index in [1.54, 1.807) is 24.3 Å². The van der Waals surface area contributed by atoms with Crippen LogP contribution in [0.1, 0.15) is 36.0 Å². The summed E-state index contributed by atoms with van der Waals surface area (Å²) in [5, 5.41) is 8.56. The number of halogens is 1. The molecule has 5 nitrogen and oxygen atoms in total. The fourth-order valence-electron chi connectivity index (χ4n) is 4.06. The summed E-state index contributed by atoms with van der Waals surface area (Å²) in [5.41, 5.74) is 2.80. The number of aromatic nitrogens is 1. The standard InChI is InChI=1S/C24H27ClN4O/c1-29(2)22-15-23(28-21-6-4-3-5-20(21)22)26-18-11-13-19(14-12-18)27-24(30)16-7-9-17(25)10-8-16/h3-10,15,18-19H,11-14H2,1-2H3,(H,26,28)(H,27,30)/t18-,19+. The molecule has 1 fully saturated rings. The molecule has 1 aromatic heterocycles. The Kier molecular flexibility index (Phi) is 6.09. The van der Waals surface area contributed by atoms with Gasteiger partial charge in [0.25, 0.3) is 5.91 Å². The van der Waals surface area contributed by atoms with Gasteiger partial charge in [-0.05, 0) is 56.0 Å². The normalized spacial score (nSPS) is 18.8. The van der Waals surface area contributed by atoms with Crippen LogP contribution < -0.4 is 15.5 Å². The molecule has 6 heteroatoms. The number of anilines is 2. The fourth-order valence-corrected chi connectivity index (χ4v) is 4.19. The third-order valence-electron chi connectivity index (χ3n) is 5.70. The first kappa shape index (κ1) is 20.5. The highest BCUT2D eigenvalue weighted by Gasteiger charge is 2.23. The Morgan fingerprint density at radius 3 is 2.37 bits per heavy atom. The second-order valence-corrected chi connectivity index (χ2v) is 8.55. The van der Waals surface area contributed by atoms with Crippen molar-refractivity contribution in [2.24, 2.45) is 0 Å². The van der Waals surface area contributed by atoms with E-state index < -0.39 is 0 Å². The van der Waals surface area contributed by atoms with Crippen LogP contribution in [0.15, 0.2) is 54.6 Å². The summed E-state index contributed by atoms with van der Waals surface area (Å²) in [5.74, 6) is 0.876. The van der Waals surface area contributed by atoms with Crippen molar-refractivity contribution in [1.29, 1.82) is 0 Å². The first-order chi connectivity index (χ1) is 14.5. The zero-order chi connectivity index (χ0) is 21.1. The quantitative estimate of drug-likeness (QED) is 0.600. The lowest BCUT2D eigenvalue weighted by Crippen LogP contribution is -2.40. The van der Waals surface area contributed by atoms with Gasteiger partial charge in [0.2, 0.25) is 0 Å². The second-order valence-electron chi connectivity index (χ2n) is 8.11. The van der Waals surface area contributed by atoms with Crippen LogP contribution in [0.3, 0.4) is 0 Å². The molecule has 0 atom stereocenters. The molecule has 1 aliphatic carbocycles. The minimum absolute atomic E-state index is 0.0325. The zero-order valence-corrected chi connectivity index (χ0v) is 18.1.